The van der Waals surface area contributed by atoms with Crippen molar-refractivity contribution in [3.8, 4) is 17.2 Å². The highest BCUT2D eigenvalue weighted by atomic mass is 16.5. The van der Waals surface area contributed by atoms with Gasteiger partial charge < -0.3 is 14.2 Å². The standard InChI is InChI=1S/C29H30N2O5/c1-4-20(2)22-11-13-24(14-12-22)35-16-17-36-26-15-10-21(19-27(26)34-3)18-25-28(32)30-31(29(25)33)23-8-6-5-7-9-23/h5-15,18-20H,4,16-17H2,1-3H3,(H,30,32). The van der Waals surface area contributed by atoms with Crippen molar-refractivity contribution in [2.45, 2.75) is 26.2 Å². The van der Waals surface area contributed by atoms with E-state index >= 15 is 0 Å². The molecule has 0 radical (unpaired) electrons. The Morgan fingerprint density at radius 3 is 2.33 bits per heavy atom. The molecule has 1 saturated heterocycles. The van der Waals surface area contributed by atoms with E-state index < -0.39 is 11.8 Å². The first kappa shape index (κ1) is 24.9. The molecule has 1 aliphatic rings. The molecule has 0 aromatic heterocycles. The fourth-order valence-corrected chi connectivity index (χ4v) is 3.82. The molecule has 3 aromatic carbocycles. The van der Waals surface area contributed by atoms with E-state index in [4.69, 9.17) is 14.2 Å². The number of hydrazine groups is 1. The molecule has 1 heterocycles. The van der Waals surface area contributed by atoms with Crippen LogP contribution in [0.15, 0.2) is 78.4 Å². The van der Waals surface area contributed by atoms with Crippen LogP contribution in [0.4, 0.5) is 5.69 Å². The van der Waals surface area contributed by atoms with E-state index in [-0.39, 0.29) is 5.57 Å². The summed E-state index contributed by atoms with van der Waals surface area (Å²) in [5.41, 5.74) is 5.17. The Labute approximate surface area is 211 Å². The molecule has 7 nitrogen and oxygen atoms in total. The van der Waals surface area contributed by atoms with E-state index in [0.717, 1.165) is 12.2 Å². The number of carbonyl (C=O) groups is 2. The molecule has 1 N–H and O–H groups in total. The van der Waals surface area contributed by atoms with Crippen molar-refractivity contribution in [1.29, 1.82) is 0 Å². The molecule has 1 atom stereocenters. The predicted molar refractivity (Wildman–Crippen MR) is 139 cm³/mol. The highest BCUT2D eigenvalue weighted by molar-refractivity contribution is 6.31. The van der Waals surface area contributed by atoms with Gasteiger partial charge in [-0.2, -0.15) is 0 Å². The fraction of sp³-hybridized carbons (Fsp3) is 0.241. The highest BCUT2D eigenvalue weighted by Crippen LogP contribution is 2.30. The number of carbonyl (C=O) groups excluding carboxylic acids is 2. The maximum absolute atomic E-state index is 12.8. The zero-order chi connectivity index (χ0) is 25.5. The van der Waals surface area contributed by atoms with E-state index in [2.05, 4.69) is 31.4 Å². The van der Waals surface area contributed by atoms with Gasteiger partial charge in [-0.15, -0.1) is 0 Å². The first-order valence-corrected chi connectivity index (χ1v) is 12.0. The number of rotatable bonds is 10. The van der Waals surface area contributed by atoms with Gasteiger partial charge in [0.2, 0.25) is 0 Å². The largest absolute Gasteiger partial charge is 0.493 e. The van der Waals surface area contributed by atoms with Gasteiger partial charge in [0.25, 0.3) is 11.8 Å². The molecule has 186 valence electrons. The van der Waals surface area contributed by atoms with Gasteiger partial charge in [0.15, 0.2) is 11.5 Å². The zero-order valence-corrected chi connectivity index (χ0v) is 20.7. The second-order valence-electron chi connectivity index (χ2n) is 8.46. The Kier molecular flexibility index (Phi) is 7.90. The SMILES string of the molecule is CCC(C)c1ccc(OCCOc2ccc(C=C3C(=O)NN(c4ccccc4)C3=O)cc2OC)cc1. The van der Waals surface area contributed by atoms with Crippen molar-refractivity contribution in [3.63, 3.8) is 0 Å². The van der Waals surface area contributed by atoms with Crippen molar-refractivity contribution >= 4 is 23.6 Å². The minimum absolute atomic E-state index is 0.0438. The number of hydrogen-bond donors (Lipinski definition) is 1. The lowest BCUT2D eigenvalue weighted by Gasteiger charge is -2.14. The second-order valence-corrected chi connectivity index (χ2v) is 8.46. The number of hydrogen-bond acceptors (Lipinski definition) is 5. The number of nitrogens with zero attached hydrogens (tertiary/aromatic N) is 1. The molecule has 2 amide bonds. The number of para-hydroxylation sites is 1. The maximum atomic E-state index is 12.8. The van der Waals surface area contributed by atoms with Gasteiger partial charge in [0.05, 0.1) is 12.8 Å². The summed E-state index contributed by atoms with van der Waals surface area (Å²) >= 11 is 0. The van der Waals surface area contributed by atoms with Crippen LogP contribution >= 0.6 is 0 Å². The Morgan fingerprint density at radius 1 is 0.917 bits per heavy atom. The van der Waals surface area contributed by atoms with Crippen LogP contribution in [0, 0.1) is 0 Å². The first-order chi connectivity index (χ1) is 17.5. The van der Waals surface area contributed by atoms with E-state index in [1.165, 1.54) is 10.6 Å². The zero-order valence-electron chi connectivity index (χ0n) is 20.7. The molecule has 0 aliphatic carbocycles. The van der Waals surface area contributed by atoms with Gasteiger partial charge in [0, 0.05) is 0 Å². The topological polar surface area (TPSA) is 77.1 Å². The van der Waals surface area contributed by atoms with Gasteiger partial charge in [-0.1, -0.05) is 50.2 Å². The number of methoxy groups -OCH3 is 1. The number of nitrogens with one attached hydrogen (secondary N) is 1. The van der Waals surface area contributed by atoms with Crippen molar-refractivity contribution in [2.24, 2.45) is 0 Å². The van der Waals surface area contributed by atoms with E-state index in [0.29, 0.717) is 41.9 Å². The summed E-state index contributed by atoms with van der Waals surface area (Å²) in [6.45, 7) is 5.09. The van der Waals surface area contributed by atoms with E-state index in [1.54, 1.807) is 55.7 Å². The molecule has 1 fully saturated rings. The lowest BCUT2D eigenvalue weighted by atomic mass is 9.99. The number of benzene rings is 3. The van der Waals surface area contributed by atoms with Crippen LogP contribution in [-0.2, 0) is 9.59 Å². The maximum Gasteiger partial charge on any atom is 0.282 e. The number of anilines is 1. The Morgan fingerprint density at radius 2 is 1.64 bits per heavy atom. The Bertz CT molecular complexity index is 1240. The lowest BCUT2D eigenvalue weighted by molar-refractivity contribution is -0.117. The third kappa shape index (κ3) is 5.68. The summed E-state index contributed by atoms with van der Waals surface area (Å²) in [4.78, 5) is 25.2. The molecule has 1 unspecified atom stereocenters. The summed E-state index contributed by atoms with van der Waals surface area (Å²) in [6, 6.07) is 22.3. The van der Waals surface area contributed by atoms with Crippen molar-refractivity contribution in [3.05, 3.63) is 89.5 Å². The smallest absolute Gasteiger partial charge is 0.282 e. The third-order valence-corrected chi connectivity index (χ3v) is 6.08. The molecule has 3 aromatic rings. The van der Waals surface area contributed by atoms with Gasteiger partial charge in [-0.3, -0.25) is 15.0 Å². The summed E-state index contributed by atoms with van der Waals surface area (Å²) in [7, 11) is 1.54. The minimum Gasteiger partial charge on any atom is -0.493 e. The van der Waals surface area contributed by atoms with Gasteiger partial charge in [-0.05, 0) is 65.9 Å². The monoisotopic (exact) mass is 486 g/mol. The van der Waals surface area contributed by atoms with Gasteiger partial charge in [0.1, 0.15) is 24.5 Å². The van der Waals surface area contributed by atoms with Crippen molar-refractivity contribution in [1.82, 2.24) is 5.43 Å². The minimum atomic E-state index is -0.461. The third-order valence-electron chi connectivity index (χ3n) is 6.08. The van der Waals surface area contributed by atoms with Crippen LogP contribution in [0.2, 0.25) is 0 Å². The molecule has 4 rings (SSSR count). The van der Waals surface area contributed by atoms with Crippen molar-refractivity contribution < 1.29 is 23.8 Å². The molecule has 36 heavy (non-hydrogen) atoms. The quantitative estimate of drug-likeness (QED) is 0.244. The fourth-order valence-electron chi connectivity index (χ4n) is 3.82. The number of amides is 2. The molecule has 0 saturated carbocycles. The van der Waals surface area contributed by atoms with Crippen molar-refractivity contribution in [2.75, 3.05) is 25.3 Å². The lowest BCUT2D eigenvalue weighted by Crippen LogP contribution is -2.35. The number of ether oxygens (including phenoxy) is 3. The van der Waals surface area contributed by atoms with Crippen LogP contribution in [0.5, 0.6) is 17.2 Å². The first-order valence-electron chi connectivity index (χ1n) is 12.0. The summed E-state index contributed by atoms with van der Waals surface area (Å²) < 4.78 is 17.1. The summed E-state index contributed by atoms with van der Waals surface area (Å²) in [6.07, 6.45) is 2.64. The van der Waals surface area contributed by atoms with E-state index in [1.807, 2.05) is 18.2 Å². The highest BCUT2D eigenvalue weighted by Gasteiger charge is 2.34. The molecule has 0 spiro atoms. The summed E-state index contributed by atoms with van der Waals surface area (Å²) in [5, 5.41) is 1.24. The van der Waals surface area contributed by atoms with Crippen LogP contribution in [0.1, 0.15) is 37.3 Å². The van der Waals surface area contributed by atoms with Crippen LogP contribution < -0.4 is 24.6 Å². The Hall–Kier alpha value is -4.26. The molecular weight excluding hydrogens is 456 g/mol. The average molecular weight is 487 g/mol. The summed E-state index contributed by atoms with van der Waals surface area (Å²) in [5.74, 6) is 1.48. The molecule has 1 aliphatic heterocycles. The van der Waals surface area contributed by atoms with Crippen LogP contribution in [0.3, 0.4) is 0 Å². The average Bonchev–Trinajstić information content (AvgIpc) is 3.20. The molecular formula is C29H30N2O5. The van der Waals surface area contributed by atoms with E-state index in [9.17, 15) is 9.59 Å². The van der Waals surface area contributed by atoms with Crippen LogP contribution in [-0.4, -0.2) is 32.1 Å². The predicted octanol–water partition coefficient (Wildman–Crippen LogP) is 5.13. The molecule has 0 bridgehead atoms. The second kappa shape index (κ2) is 11.4. The normalized spacial score (nSPS) is 15.1. The van der Waals surface area contributed by atoms with Gasteiger partial charge >= 0.3 is 0 Å². The van der Waals surface area contributed by atoms with Gasteiger partial charge in [-0.25, -0.2) is 5.01 Å². The Balaban J connectivity index is 1.37. The molecule has 7 heteroatoms. The van der Waals surface area contributed by atoms with Crippen LogP contribution in [0.25, 0.3) is 6.08 Å².